The van der Waals surface area contributed by atoms with E-state index in [0.717, 1.165) is 12.0 Å². The summed E-state index contributed by atoms with van der Waals surface area (Å²) < 4.78 is 5.51. The lowest BCUT2D eigenvalue weighted by molar-refractivity contribution is 0.0727. The van der Waals surface area contributed by atoms with Gasteiger partial charge < -0.3 is 15.8 Å². The lowest BCUT2D eigenvalue weighted by Crippen LogP contribution is -2.50. The molecule has 4 nitrogen and oxygen atoms in total. The SMILES string of the molecule is Cc1ccc(C(=O)NC2(C)CCOC2C)cc1N. The molecule has 0 radical (unpaired) electrons. The van der Waals surface area contributed by atoms with Crippen LogP contribution in [-0.2, 0) is 4.74 Å². The summed E-state index contributed by atoms with van der Waals surface area (Å²) in [6.45, 7) is 6.61. The number of hydrogen-bond acceptors (Lipinski definition) is 3. The van der Waals surface area contributed by atoms with Gasteiger partial charge in [0.25, 0.3) is 5.91 Å². The Kier molecular flexibility index (Phi) is 3.30. The van der Waals surface area contributed by atoms with E-state index in [9.17, 15) is 4.79 Å². The third-order valence-electron chi connectivity index (χ3n) is 3.83. The summed E-state index contributed by atoms with van der Waals surface area (Å²) in [6.07, 6.45) is 0.866. The summed E-state index contributed by atoms with van der Waals surface area (Å²) >= 11 is 0. The van der Waals surface area contributed by atoms with Gasteiger partial charge in [0, 0.05) is 17.9 Å². The Hall–Kier alpha value is -1.55. The van der Waals surface area contributed by atoms with Gasteiger partial charge in [-0.25, -0.2) is 0 Å². The maximum atomic E-state index is 12.2. The minimum atomic E-state index is -0.295. The number of nitrogens with two attached hydrogens (primary N) is 1. The average Bonchev–Trinajstić information content (AvgIpc) is 2.63. The predicted molar refractivity (Wildman–Crippen MR) is 71.5 cm³/mol. The van der Waals surface area contributed by atoms with Gasteiger partial charge >= 0.3 is 0 Å². The maximum absolute atomic E-state index is 12.2. The lowest BCUT2D eigenvalue weighted by atomic mass is 9.94. The Morgan fingerprint density at radius 1 is 1.56 bits per heavy atom. The standard InChI is InChI=1S/C14H20N2O2/c1-9-4-5-11(8-12(9)15)13(17)16-14(3)6-7-18-10(14)2/h4-5,8,10H,6-7,15H2,1-3H3,(H,16,17). The second kappa shape index (κ2) is 4.61. The van der Waals surface area contributed by atoms with Gasteiger partial charge in [-0.1, -0.05) is 6.07 Å². The molecule has 0 bridgehead atoms. The number of nitrogens with one attached hydrogen (secondary N) is 1. The number of ether oxygens (including phenoxy) is 1. The number of amides is 1. The molecule has 0 aliphatic carbocycles. The first kappa shape index (κ1) is 12.9. The van der Waals surface area contributed by atoms with Crippen LogP contribution in [0.5, 0.6) is 0 Å². The highest BCUT2D eigenvalue weighted by Crippen LogP contribution is 2.25. The predicted octanol–water partition coefficient (Wildman–Crippen LogP) is 1.87. The van der Waals surface area contributed by atoms with Crippen LogP contribution in [0.1, 0.15) is 36.2 Å². The highest BCUT2D eigenvalue weighted by Gasteiger charge is 2.38. The largest absolute Gasteiger partial charge is 0.398 e. The second-order valence-corrected chi connectivity index (χ2v) is 5.21. The molecule has 1 aliphatic heterocycles. The molecule has 4 heteroatoms. The minimum absolute atomic E-state index is 0.0317. The molecule has 1 aliphatic rings. The van der Waals surface area contributed by atoms with E-state index in [1.165, 1.54) is 0 Å². The van der Waals surface area contributed by atoms with Crippen molar-refractivity contribution in [1.29, 1.82) is 0 Å². The number of aryl methyl sites for hydroxylation is 1. The van der Waals surface area contributed by atoms with E-state index >= 15 is 0 Å². The molecule has 1 saturated heterocycles. The minimum Gasteiger partial charge on any atom is -0.398 e. The molecular weight excluding hydrogens is 228 g/mol. The van der Waals surface area contributed by atoms with Crippen molar-refractivity contribution in [3.8, 4) is 0 Å². The number of benzene rings is 1. The first-order valence-corrected chi connectivity index (χ1v) is 6.22. The van der Waals surface area contributed by atoms with Gasteiger partial charge in [-0.3, -0.25) is 4.79 Å². The average molecular weight is 248 g/mol. The van der Waals surface area contributed by atoms with Gasteiger partial charge in [0.05, 0.1) is 11.6 Å². The van der Waals surface area contributed by atoms with Gasteiger partial charge in [-0.2, -0.15) is 0 Å². The Labute approximate surface area is 108 Å². The molecule has 98 valence electrons. The quantitative estimate of drug-likeness (QED) is 0.785. The van der Waals surface area contributed by atoms with E-state index in [2.05, 4.69) is 5.32 Å². The zero-order chi connectivity index (χ0) is 13.3. The molecule has 3 N–H and O–H groups in total. The first-order valence-electron chi connectivity index (χ1n) is 6.22. The number of nitrogen functional groups attached to an aromatic ring is 1. The van der Waals surface area contributed by atoms with Crippen molar-refractivity contribution in [2.24, 2.45) is 0 Å². The van der Waals surface area contributed by atoms with Crippen LogP contribution in [0.4, 0.5) is 5.69 Å². The van der Waals surface area contributed by atoms with E-state index < -0.39 is 0 Å². The summed E-state index contributed by atoms with van der Waals surface area (Å²) in [5.74, 6) is -0.0958. The van der Waals surface area contributed by atoms with Crippen LogP contribution in [0.25, 0.3) is 0 Å². The van der Waals surface area contributed by atoms with E-state index in [4.69, 9.17) is 10.5 Å². The normalized spacial score (nSPS) is 27.2. The van der Waals surface area contributed by atoms with Crippen LogP contribution in [0, 0.1) is 6.92 Å². The van der Waals surface area contributed by atoms with Crippen molar-refractivity contribution in [3.63, 3.8) is 0 Å². The molecular formula is C14H20N2O2. The van der Waals surface area contributed by atoms with Gasteiger partial charge in [-0.15, -0.1) is 0 Å². The Bertz CT molecular complexity index is 473. The molecule has 1 heterocycles. The monoisotopic (exact) mass is 248 g/mol. The molecule has 1 aromatic carbocycles. The van der Waals surface area contributed by atoms with Crippen molar-refractivity contribution in [3.05, 3.63) is 29.3 Å². The third kappa shape index (κ3) is 2.34. The van der Waals surface area contributed by atoms with Gasteiger partial charge in [-0.05, 0) is 44.9 Å². The van der Waals surface area contributed by atoms with Crippen molar-refractivity contribution >= 4 is 11.6 Å². The van der Waals surface area contributed by atoms with E-state index in [0.29, 0.717) is 17.9 Å². The van der Waals surface area contributed by atoms with Crippen molar-refractivity contribution in [2.45, 2.75) is 38.8 Å². The van der Waals surface area contributed by atoms with Crippen LogP contribution in [-0.4, -0.2) is 24.2 Å². The molecule has 18 heavy (non-hydrogen) atoms. The van der Waals surface area contributed by atoms with Crippen molar-refractivity contribution in [2.75, 3.05) is 12.3 Å². The molecule has 1 fully saturated rings. The first-order chi connectivity index (χ1) is 8.42. The summed E-state index contributed by atoms with van der Waals surface area (Å²) in [5, 5.41) is 3.05. The zero-order valence-electron chi connectivity index (χ0n) is 11.1. The molecule has 1 aromatic rings. The van der Waals surface area contributed by atoms with Gasteiger partial charge in [0.2, 0.25) is 0 Å². The maximum Gasteiger partial charge on any atom is 0.251 e. The molecule has 2 unspecified atom stereocenters. The number of anilines is 1. The molecule has 2 rings (SSSR count). The van der Waals surface area contributed by atoms with Crippen molar-refractivity contribution in [1.82, 2.24) is 5.32 Å². The number of hydrogen-bond donors (Lipinski definition) is 2. The molecule has 0 aromatic heterocycles. The number of carbonyl (C=O) groups is 1. The summed E-state index contributed by atoms with van der Waals surface area (Å²) in [6, 6.07) is 5.38. The molecule has 1 amide bonds. The van der Waals surface area contributed by atoms with Crippen molar-refractivity contribution < 1.29 is 9.53 Å². The van der Waals surface area contributed by atoms with E-state index in [-0.39, 0.29) is 17.6 Å². The highest BCUT2D eigenvalue weighted by atomic mass is 16.5. The number of rotatable bonds is 2. The number of carbonyl (C=O) groups excluding carboxylic acids is 1. The summed E-state index contributed by atoms with van der Waals surface area (Å²) in [7, 11) is 0. The lowest BCUT2D eigenvalue weighted by Gasteiger charge is -2.29. The van der Waals surface area contributed by atoms with E-state index in [1.54, 1.807) is 12.1 Å². The zero-order valence-corrected chi connectivity index (χ0v) is 11.1. The van der Waals surface area contributed by atoms with Crippen LogP contribution >= 0.6 is 0 Å². The third-order valence-corrected chi connectivity index (χ3v) is 3.83. The fourth-order valence-electron chi connectivity index (χ4n) is 2.11. The smallest absolute Gasteiger partial charge is 0.251 e. The van der Waals surface area contributed by atoms with E-state index in [1.807, 2.05) is 26.8 Å². The summed E-state index contributed by atoms with van der Waals surface area (Å²) in [4.78, 5) is 12.2. The van der Waals surface area contributed by atoms with Crippen LogP contribution < -0.4 is 11.1 Å². The molecule has 2 atom stereocenters. The van der Waals surface area contributed by atoms with Gasteiger partial charge in [0.1, 0.15) is 0 Å². The fourth-order valence-corrected chi connectivity index (χ4v) is 2.11. The Balaban J connectivity index is 2.14. The van der Waals surface area contributed by atoms with Crippen LogP contribution in [0.15, 0.2) is 18.2 Å². The topological polar surface area (TPSA) is 64.3 Å². The van der Waals surface area contributed by atoms with Crippen LogP contribution in [0.3, 0.4) is 0 Å². The highest BCUT2D eigenvalue weighted by molar-refractivity contribution is 5.95. The summed E-state index contributed by atoms with van der Waals surface area (Å²) in [5.41, 5.74) is 7.75. The Morgan fingerprint density at radius 2 is 2.28 bits per heavy atom. The Morgan fingerprint density at radius 3 is 2.83 bits per heavy atom. The molecule has 0 spiro atoms. The van der Waals surface area contributed by atoms with Crippen LogP contribution in [0.2, 0.25) is 0 Å². The fraction of sp³-hybridized carbons (Fsp3) is 0.500. The van der Waals surface area contributed by atoms with Gasteiger partial charge in [0.15, 0.2) is 0 Å². The molecule has 0 saturated carbocycles. The second-order valence-electron chi connectivity index (χ2n) is 5.21.